The van der Waals surface area contributed by atoms with E-state index in [4.69, 9.17) is 25.4 Å². The lowest BCUT2D eigenvalue weighted by molar-refractivity contribution is -0.147. The number of benzene rings is 2. The van der Waals surface area contributed by atoms with Gasteiger partial charge in [0.15, 0.2) is 0 Å². The van der Waals surface area contributed by atoms with Crippen LogP contribution in [-0.4, -0.2) is 48.9 Å². The zero-order chi connectivity index (χ0) is 26.5. The third kappa shape index (κ3) is 9.05. The Kier molecular flexibility index (Phi) is 10.8. The topological polar surface area (TPSA) is 158 Å². The number of amidine groups is 1. The van der Waals surface area contributed by atoms with E-state index in [0.29, 0.717) is 16.9 Å². The first-order valence-electron chi connectivity index (χ1n) is 11.3. The Bertz CT molecular complexity index is 1110. The third-order valence-electron chi connectivity index (χ3n) is 4.79. The predicted octanol–water partition coefficient (Wildman–Crippen LogP) is 2.59. The Hall–Kier alpha value is -4.47. The van der Waals surface area contributed by atoms with E-state index in [1.54, 1.807) is 38.1 Å². The van der Waals surface area contributed by atoms with Gasteiger partial charge in [-0.25, -0.2) is 9.59 Å². The molecule has 0 saturated carbocycles. The van der Waals surface area contributed by atoms with E-state index in [0.717, 1.165) is 0 Å². The highest BCUT2D eigenvalue weighted by molar-refractivity contribution is 5.97. The molecule has 2 rings (SSSR count). The highest BCUT2D eigenvalue weighted by atomic mass is 16.5. The first-order chi connectivity index (χ1) is 17.2. The molecule has 1 amide bonds. The molecule has 0 radical (unpaired) electrons. The lowest BCUT2D eigenvalue weighted by atomic mass is 10.1. The summed E-state index contributed by atoms with van der Waals surface area (Å²) in [7, 11) is 0. The van der Waals surface area contributed by atoms with Crippen molar-refractivity contribution >= 4 is 35.7 Å². The quantitative estimate of drug-likeness (QED) is 0.133. The van der Waals surface area contributed by atoms with Crippen LogP contribution in [0.15, 0.2) is 54.6 Å². The number of nitrogen functional groups attached to an aromatic ring is 1. The number of hydrogen-bond acceptors (Lipinski definition) is 8. The third-order valence-corrected chi connectivity index (χ3v) is 4.79. The van der Waals surface area contributed by atoms with Gasteiger partial charge in [0.2, 0.25) is 0 Å². The molecule has 0 unspecified atom stereocenters. The van der Waals surface area contributed by atoms with Crippen molar-refractivity contribution in [2.45, 2.75) is 32.7 Å². The van der Waals surface area contributed by atoms with Crippen LogP contribution in [0.1, 0.15) is 48.2 Å². The van der Waals surface area contributed by atoms with Crippen LogP contribution in [0.3, 0.4) is 0 Å². The number of esters is 3. The van der Waals surface area contributed by atoms with Crippen molar-refractivity contribution in [3.63, 3.8) is 0 Å². The van der Waals surface area contributed by atoms with E-state index < -0.39 is 29.9 Å². The molecule has 190 valence electrons. The van der Waals surface area contributed by atoms with Gasteiger partial charge < -0.3 is 25.3 Å². The van der Waals surface area contributed by atoms with Crippen molar-refractivity contribution in [3.8, 4) is 5.75 Å². The van der Waals surface area contributed by atoms with Crippen LogP contribution in [0.2, 0.25) is 0 Å². The van der Waals surface area contributed by atoms with E-state index in [-0.39, 0.29) is 37.5 Å². The molecule has 10 heteroatoms. The van der Waals surface area contributed by atoms with Gasteiger partial charge in [-0.3, -0.25) is 15.0 Å². The van der Waals surface area contributed by atoms with Crippen molar-refractivity contribution in [1.82, 2.24) is 5.32 Å². The lowest BCUT2D eigenvalue weighted by Gasteiger charge is -2.17. The van der Waals surface area contributed by atoms with Crippen LogP contribution in [0, 0.1) is 5.41 Å². The van der Waals surface area contributed by atoms with Crippen LogP contribution in [-0.2, 0) is 23.9 Å². The molecule has 0 fully saturated rings. The maximum Gasteiger partial charge on any atom is 0.336 e. The molecule has 0 aromatic heterocycles. The predicted molar refractivity (Wildman–Crippen MR) is 132 cm³/mol. The molecule has 0 saturated heterocycles. The molecule has 0 aliphatic rings. The molecule has 4 N–H and O–H groups in total. The van der Waals surface area contributed by atoms with Crippen molar-refractivity contribution in [3.05, 3.63) is 71.3 Å². The highest BCUT2D eigenvalue weighted by Crippen LogP contribution is 2.13. The molecular formula is C26H29N3O7. The second-order valence-electron chi connectivity index (χ2n) is 7.44. The van der Waals surface area contributed by atoms with Crippen molar-refractivity contribution < 1.29 is 33.4 Å². The number of hydrogen-bond donors (Lipinski definition) is 3. The summed E-state index contributed by atoms with van der Waals surface area (Å²) in [5.41, 5.74) is 6.83. The Labute approximate surface area is 208 Å². The Morgan fingerprint density at radius 3 is 2.14 bits per heavy atom. The summed E-state index contributed by atoms with van der Waals surface area (Å²) in [6, 6.07) is 11.5. The van der Waals surface area contributed by atoms with Gasteiger partial charge in [0, 0.05) is 23.6 Å². The Balaban J connectivity index is 1.96. The van der Waals surface area contributed by atoms with E-state index in [9.17, 15) is 19.2 Å². The number of amides is 1. The smallest absolute Gasteiger partial charge is 0.336 e. The number of carbonyl (C=O) groups excluding carboxylic acids is 4. The number of nitrogens with one attached hydrogen (secondary N) is 2. The fraction of sp³-hybridized carbons (Fsp3) is 0.269. The maximum absolute atomic E-state index is 12.6. The SMILES string of the molecule is CCOC(=O)CC[C@H](NC(=O)c1ccc(C=CC(=O)Oc2ccc(C(=N)N)cc2)cc1)C(=O)OCC. The second kappa shape index (κ2) is 14.1. The van der Waals surface area contributed by atoms with Crippen LogP contribution in [0.5, 0.6) is 5.75 Å². The average Bonchev–Trinajstić information content (AvgIpc) is 2.86. The van der Waals surface area contributed by atoms with E-state index in [1.807, 2.05) is 0 Å². The highest BCUT2D eigenvalue weighted by Gasteiger charge is 2.24. The van der Waals surface area contributed by atoms with Gasteiger partial charge in [0.05, 0.1) is 13.2 Å². The molecule has 2 aromatic rings. The van der Waals surface area contributed by atoms with Gasteiger partial charge in [-0.2, -0.15) is 0 Å². The van der Waals surface area contributed by atoms with Gasteiger partial charge >= 0.3 is 17.9 Å². The maximum atomic E-state index is 12.6. The number of ether oxygens (including phenoxy) is 3. The summed E-state index contributed by atoms with van der Waals surface area (Å²) in [5, 5.41) is 9.95. The van der Waals surface area contributed by atoms with Gasteiger partial charge in [0.25, 0.3) is 5.91 Å². The molecule has 1 atom stereocenters. The van der Waals surface area contributed by atoms with Gasteiger partial charge in [0.1, 0.15) is 17.6 Å². The van der Waals surface area contributed by atoms with Crippen LogP contribution in [0.4, 0.5) is 0 Å². The van der Waals surface area contributed by atoms with Crippen LogP contribution in [0.25, 0.3) is 6.08 Å². The summed E-state index contributed by atoms with van der Waals surface area (Å²) in [6.07, 6.45) is 2.76. The molecule has 0 aliphatic heterocycles. The molecule has 2 aromatic carbocycles. The molecule has 0 heterocycles. The summed E-state index contributed by atoms with van der Waals surface area (Å²) in [6.45, 7) is 3.69. The van der Waals surface area contributed by atoms with E-state index in [1.165, 1.54) is 36.4 Å². The largest absolute Gasteiger partial charge is 0.466 e. The van der Waals surface area contributed by atoms with Gasteiger partial charge in [-0.05, 0) is 68.3 Å². The average molecular weight is 496 g/mol. The van der Waals surface area contributed by atoms with E-state index >= 15 is 0 Å². The minimum atomic E-state index is -0.999. The molecular weight excluding hydrogens is 466 g/mol. The summed E-state index contributed by atoms with van der Waals surface area (Å²) in [4.78, 5) is 48.5. The first kappa shape index (κ1) is 27.8. The zero-order valence-electron chi connectivity index (χ0n) is 20.1. The van der Waals surface area contributed by atoms with Crippen molar-refractivity contribution in [1.29, 1.82) is 5.41 Å². The minimum absolute atomic E-state index is 0.0433. The van der Waals surface area contributed by atoms with Gasteiger partial charge in [-0.1, -0.05) is 12.1 Å². The Morgan fingerprint density at radius 2 is 1.56 bits per heavy atom. The minimum Gasteiger partial charge on any atom is -0.466 e. The van der Waals surface area contributed by atoms with Crippen LogP contribution < -0.4 is 15.8 Å². The summed E-state index contributed by atoms with van der Waals surface area (Å²) in [5.74, 6) is -2.00. The molecule has 10 nitrogen and oxygen atoms in total. The normalized spacial score (nSPS) is 11.4. The summed E-state index contributed by atoms with van der Waals surface area (Å²) >= 11 is 0. The van der Waals surface area contributed by atoms with Gasteiger partial charge in [-0.15, -0.1) is 0 Å². The van der Waals surface area contributed by atoms with Crippen molar-refractivity contribution in [2.75, 3.05) is 13.2 Å². The number of rotatable bonds is 12. The van der Waals surface area contributed by atoms with E-state index in [2.05, 4.69) is 5.32 Å². The number of nitrogens with two attached hydrogens (primary N) is 1. The standard InChI is InChI=1S/C26H29N3O7/c1-3-34-22(30)16-14-21(26(33)35-4-2)29-25(32)19-8-5-17(6-9-19)7-15-23(31)36-20-12-10-18(11-13-20)24(27)28/h5-13,15,21H,3-4,14,16H2,1-2H3,(H3,27,28)(H,29,32)/t21-/m0/s1. The second-order valence-corrected chi connectivity index (χ2v) is 7.44. The zero-order valence-corrected chi connectivity index (χ0v) is 20.1. The summed E-state index contributed by atoms with van der Waals surface area (Å²) < 4.78 is 15.1. The lowest BCUT2D eigenvalue weighted by Crippen LogP contribution is -2.42. The van der Waals surface area contributed by atoms with Crippen molar-refractivity contribution in [2.24, 2.45) is 5.73 Å². The fourth-order valence-electron chi connectivity index (χ4n) is 2.99. The Morgan fingerprint density at radius 1 is 0.944 bits per heavy atom. The molecule has 0 bridgehead atoms. The monoisotopic (exact) mass is 495 g/mol. The molecule has 0 aliphatic carbocycles. The number of carbonyl (C=O) groups is 4. The fourth-order valence-corrected chi connectivity index (χ4v) is 2.99. The first-order valence-corrected chi connectivity index (χ1v) is 11.3. The molecule has 0 spiro atoms. The van der Waals surface area contributed by atoms with Crippen LogP contribution >= 0.6 is 0 Å². The molecule has 36 heavy (non-hydrogen) atoms.